The lowest BCUT2D eigenvalue weighted by Crippen LogP contribution is -2.52. The number of rotatable bonds is 7. The summed E-state index contributed by atoms with van der Waals surface area (Å²) in [6, 6.07) is 5.81. The molecule has 1 aliphatic rings. The molecule has 0 aromatic carbocycles. The SMILES string of the molecule is Cc1ccc(C(=O)CCC(=O)O[C@@H](C)C(=O)NC2(C#N)CCCCC2)s1. The quantitative estimate of drug-likeness (QED) is 0.582. The molecule has 1 aromatic heterocycles. The van der Waals surface area contributed by atoms with Crippen molar-refractivity contribution in [3.8, 4) is 6.07 Å². The zero-order valence-corrected chi connectivity index (χ0v) is 16.0. The number of nitrogens with zero attached hydrogens (tertiary/aromatic N) is 1. The third-order valence-corrected chi connectivity index (χ3v) is 5.57. The summed E-state index contributed by atoms with van der Waals surface area (Å²) in [6.45, 7) is 3.39. The van der Waals surface area contributed by atoms with Gasteiger partial charge in [-0.2, -0.15) is 5.26 Å². The Hall–Kier alpha value is -2.20. The summed E-state index contributed by atoms with van der Waals surface area (Å²) in [5, 5.41) is 12.1. The minimum Gasteiger partial charge on any atom is -0.453 e. The zero-order valence-electron chi connectivity index (χ0n) is 15.2. The number of carbonyl (C=O) groups excluding carboxylic acids is 3. The van der Waals surface area contributed by atoms with Crippen LogP contribution >= 0.6 is 11.3 Å². The number of ketones is 1. The maximum atomic E-state index is 12.3. The van der Waals surface area contributed by atoms with Crippen molar-refractivity contribution >= 4 is 29.0 Å². The second-order valence-corrected chi connectivity index (χ2v) is 8.00. The van der Waals surface area contributed by atoms with Gasteiger partial charge in [-0.1, -0.05) is 19.3 Å². The van der Waals surface area contributed by atoms with Crippen molar-refractivity contribution in [1.82, 2.24) is 5.32 Å². The Balaban J connectivity index is 1.79. The minimum atomic E-state index is -0.992. The summed E-state index contributed by atoms with van der Waals surface area (Å²) in [6.07, 6.45) is 3.07. The molecule has 1 aliphatic carbocycles. The monoisotopic (exact) mass is 376 g/mol. The highest BCUT2D eigenvalue weighted by Crippen LogP contribution is 2.27. The van der Waals surface area contributed by atoms with Crippen LogP contribution in [0.5, 0.6) is 0 Å². The highest BCUT2D eigenvalue weighted by molar-refractivity contribution is 7.14. The predicted octanol–water partition coefficient (Wildman–Crippen LogP) is 3.29. The Kier molecular flexibility index (Phi) is 6.92. The number of hydrogen-bond donors (Lipinski definition) is 1. The van der Waals surface area contributed by atoms with Crippen molar-refractivity contribution in [3.63, 3.8) is 0 Å². The summed E-state index contributed by atoms with van der Waals surface area (Å²) in [7, 11) is 0. The number of thiophene rings is 1. The Morgan fingerprint density at radius 2 is 1.96 bits per heavy atom. The van der Waals surface area contributed by atoms with Crippen LogP contribution in [0.15, 0.2) is 12.1 Å². The number of nitriles is 1. The smallest absolute Gasteiger partial charge is 0.307 e. The van der Waals surface area contributed by atoms with Crippen LogP contribution in [0.25, 0.3) is 0 Å². The number of ether oxygens (including phenoxy) is 1. The van der Waals surface area contributed by atoms with Crippen LogP contribution in [-0.2, 0) is 14.3 Å². The van der Waals surface area contributed by atoms with Crippen molar-refractivity contribution < 1.29 is 19.1 Å². The van der Waals surface area contributed by atoms with E-state index >= 15 is 0 Å². The molecule has 2 rings (SSSR count). The van der Waals surface area contributed by atoms with Crippen LogP contribution < -0.4 is 5.32 Å². The number of carbonyl (C=O) groups is 3. The van der Waals surface area contributed by atoms with Gasteiger partial charge in [-0.15, -0.1) is 11.3 Å². The second kappa shape index (κ2) is 8.95. The van der Waals surface area contributed by atoms with Gasteiger partial charge in [-0.25, -0.2) is 0 Å². The van der Waals surface area contributed by atoms with Crippen molar-refractivity contribution in [2.75, 3.05) is 0 Å². The molecule has 1 heterocycles. The van der Waals surface area contributed by atoms with Gasteiger partial charge in [0.2, 0.25) is 0 Å². The molecule has 7 heteroatoms. The minimum absolute atomic E-state index is 0.0509. The Bertz CT molecular complexity index is 713. The van der Waals surface area contributed by atoms with Crippen molar-refractivity contribution in [3.05, 3.63) is 21.9 Å². The highest BCUT2D eigenvalue weighted by atomic mass is 32.1. The van der Waals surface area contributed by atoms with Crippen molar-refractivity contribution in [2.45, 2.75) is 70.4 Å². The first kappa shape index (κ1) is 20.1. The fourth-order valence-corrected chi connectivity index (χ4v) is 3.83. The molecule has 0 aliphatic heterocycles. The van der Waals surface area contributed by atoms with Crippen LogP contribution in [0.3, 0.4) is 0 Å². The molecule has 0 spiro atoms. The third-order valence-electron chi connectivity index (χ3n) is 4.53. The molecule has 0 unspecified atom stereocenters. The summed E-state index contributed by atoms with van der Waals surface area (Å²) < 4.78 is 5.13. The van der Waals surface area contributed by atoms with Crippen molar-refractivity contribution in [2.24, 2.45) is 0 Å². The molecule has 1 amide bonds. The lowest BCUT2D eigenvalue weighted by atomic mass is 9.83. The standard InChI is InChI=1S/C19H24N2O4S/c1-13-6-8-16(26-13)15(22)7-9-17(23)25-14(2)18(24)21-19(12-20)10-4-3-5-11-19/h6,8,14H,3-5,7,9-11H2,1-2H3,(H,21,24)/t14-/m0/s1. The van der Waals surface area contributed by atoms with Gasteiger partial charge in [0.15, 0.2) is 11.9 Å². The molecular formula is C19H24N2O4S. The topological polar surface area (TPSA) is 96.3 Å². The van der Waals surface area contributed by atoms with Gasteiger partial charge < -0.3 is 10.1 Å². The first-order valence-corrected chi connectivity index (χ1v) is 9.69. The van der Waals surface area contributed by atoms with Crippen LogP contribution in [0, 0.1) is 18.3 Å². The summed E-state index contributed by atoms with van der Waals surface area (Å²) >= 11 is 1.39. The maximum absolute atomic E-state index is 12.3. The van der Waals surface area contributed by atoms with E-state index in [1.807, 2.05) is 13.0 Å². The number of Topliss-reactive ketones (excluding diaryl/α,β-unsaturated/α-hetero) is 1. The molecule has 1 N–H and O–H groups in total. The molecular weight excluding hydrogens is 352 g/mol. The number of amides is 1. The molecule has 0 bridgehead atoms. The Morgan fingerprint density at radius 3 is 2.54 bits per heavy atom. The predicted molar refractivity (Wildman–Crippen MR) is 97.7 cm³/mol. The Morgan fingerprint density at radius 1 is 1.27 bits per heavy atom. The van der Waals surface area contributed by atoms with Gasteiger partial charge in [0.1, 0.15) is 5.54 Å². The molecule has 0 saturated heterocycles. The Labute approximate surface area is 157 Å². The van der Waals surface area contributed by atoms with Gasteiger partial charge >= 0.3 is 5.97 Å². The fraction of sp³-hybridized carbons (Fsp3) is 0.579. The van der Waals surface area contributed by atoms with E-state index in [4.69, 9.17) is 4.74 Å². The van der Waals surface area contributed by atoms with Gasteiger partial charge in [0.05, 0.1) is 17.4 Å². The highest BCUT2D eigenvalue weighted by Gasteiger charge is 2.35. The van der Waals surface area contributed by atoms with Gasteiger partial charge in [-0.05, 0) is 38.8 Å². The number of nitrogens with one attached hydrogen (secondary N) is 1. The zero-order chi connectivity index (χ0) is 19.2. The van der Waals surface area contributed by atoms with E-state index in [0.29, 0.717) is 17.7 Å². The molecule has 0 radical (unpaired) electrons. The third kappa shape index (κ3) is 5.40. The van der Waals surface area contributed by atoms with E-state index in [1.54, 1.807) is 6.07 Å². The number of aryl methyl sites for hydroxylation is 1. The van der Waals surface area contributed by atoms with E-state index < -0.39 is 23.5 Å². The molecule has 1 atom stereocenters. The van der Waals surface area contributed by atoms with Crippen molar-refractivity contribution in [1.29, 1.82) is 5.26 Å². The van der Waals surface area contributed by atoms with Gasteiger partial charge in [-0.3, -0.25) is 14.4 Å². The van der Waals surface area contributed by atoms with Crippen LogP contribution in [0.1, 0.15) is 66.4 Å². The van der Waals surface area contributed by atoms with E-state index in [0.717, 1.165) is 24.1 Å². The summed E-state index contributed by atoms with van der Waals surface area (Å²) in [5.74, 6) is -1.17. The van der Waals surface area contributed by atoms with Gasteiger partial charge in [0, 0.05) is 11.3 Å². The molecule has 1 fully saturated rings. The molecule has 1 saturated carbocycles. The van der Waals surface area contributed by atoms with E-state index in [2.05, 4.69) is 11.4 Å². The first-order valence-electron chi connectivity index (χ1n) is 8.87. The summed E-state index contributed by atoms with van der Waals surface area (Å²) in [5.41, 5.74) is -0.858. The number of hydrogen-bond acceptors (Lipinski definition) is 6. The maximum Gasteiger partial charge on any atom is 0.307 e. The second-order valence-electron chi connectivity index (χ2n) is 6.71. The lowest BCUT2D eigenvalue weighted by Gasteiger charge is -2.32. The molecule has 1 aromatic rings. The van der Waals surface area contributed by atoms with Crippen LogP contribution in [0.2, 0.25) is 0 Å². The van der Waals surface area contributed by atoms with E-state index in [9.17, 15) is 19.6 Å². The van der Waals surface area contributed by atoms with Crippen LogP contribution in [0.4, 0.5) is 0 Å². The average molecular weight is 376 g/mol. The van der Waals surface area contributed by atoms with E-state index in [-0.39, 0.29) is 18.6 Å². The van der Waals surface area contributed by atoms with Crippen LogP contribution in [-0.4, -0.2) is 29.3 Å². The molecule has 26 heavy (non-hydrogen) atoms. The molecule has 6 nitrogen and oxygen atoms in total. The average Bonchev–Trinajstić information content (AvgIpc) is 3.07. The molecule has 140 valence electrons. The first-order chi connectivity index (χ1) is 12.3. The fourth-order valence-electron chi connectivity index (χ4n) is 2.99. The largest absolute Gasteiger partial charge is 0.453 e. The normalized spacial score (nSPS) is 17.0. The van der Waals surface area contributed by atoms with E-state index in [1.165, 1.54) is 18.3 Å². The summed E-state index contributed by atoms with van der Waals surface area (Å²) in [4.78, 5) is 37.9. The lowest BCUT2D eigenvalue weighted by molar-refractivity contribution is -0.155. The number of esters is 1. The van der Waals surface area contributed by atoms with Gasteiger partial charge in [0.25, 0.3) is 5.91 Å².